The minimum atomic E-state index is -0.808. The first kappa shape index (κ1) is 17.1. The third kappa shape index (κ3) is 3.48. The molecule has 1 aromatic carbocycles. The summed E-state index contributed by atoms with van der Waals surface area (Å²) in [7, 11) is 0. The molecule has 1 aliphatic carbocycles. The predicted octanol–water partition coefficient (Wildman–Crippen LogP) is 1.59. The minimum absolute atomic E-state index is 0.235. The van der Waals surface area contributed by atoms with Gasteiger partial charge in [-0.15, -0.1) is 0 Å². The molecule has 0 bridgehead atoms. The molecule has 1 saturated heterocycles. The fourth-order valence-electron chi connectivity index (χ4n) is 3.39. The topological polar surface area (TPSA) is 88.4 Å². The number of hydroxylamine groups is 1. The normalized spacial score (nSPS) is 24.2. The number of nitrogens with zero attached hydrogens (tertiary/aromatic N) is 2. The SMILES string of the molecule is O=C(Nc1cnn(Cc2cccc(F)c2)c1)C1CC(C2(O)CCC2)ON1. The second-order valence-electron chi connectivity index (χ2n) is 7.02. The van der Waals surface area contributed by atoms with E-state index in [0.29, 0.717) is 31.5 Å². The van der Waals surface area contributed by atoms with Crippen LogP contribution in [0, 0.1) is 5.82 Å². The largest absolute Gasteiger partial charge is 0.387 e. The van der Waals surface area contributed by atoms with E-state index < -0.39 is 11.6 Å². The molecule has 3 N–H and O–H groups in total. The maximum atomic E-state index is 13.2. The number of amides is 1. The van der Waals surface area contributed by atoms with Crippen molar-refractivity contribution in [2.75, 3.05) is 5.32 Å². The third-order valence-corrected chi connectivity index (χ3v) is 5.07. The highest BCUT2D eigenvalue weighted by molar-refractivity contribution is 5.94. The average Bonchev–Trinajstić information content (AvgIpc) is 3.22. The molecule has 2 unspecified atom stereocenters. The Balaban J connectivity index is 1.33. The molecule has 4 rings (SSSR count). The van der Waals surface area contributed by atoms with Gasteiger partial charge in [-0.2, -0.15) is 10.6 Å². The van der Waals surface area contributed by atoms with E-state index in [1.807, 2.05) is 6.07 Å². The fourth-order valence-corrected chi connectivity index (χ4v) is 3.39. The van der Waals surface area contributed by atoms with Gasteiger partial charge in [0.1, 0.15) is 18.0 Å². The van der Waals surface area contributed by atoms with Crippen molar-refractivity contribution in [3.05, 3.63) is 48.0 Å². The van der Waals surface area contributed by atoms with Gasteiger partial charge in [-0.1, -0.05) is 12.1 Å². The van der Waals surface area contributed by atoms with Crippen molar-refractivity contribution in [2.45, 2.75) is 50.0 Å². The maximum absolute atomic E-state index is 13.2. The lowest BCUT2D eigenvalue weighted by Gasteiger charge is -2.40. The molecule has 1 aliphatic heterocycles. The molecule has 2 atom stereocenters. The molecule has 138 valence electrons. The van der Waals surface area contributed by atoms with E-state index in [2.05, 4.69) is 15.9 Å². The number of aromatic nitrogens is 2. The van der Waals surface area contributed by atoms with Gasteiger partial charge in [0, 0.05) is 12.6 Å². The van der Waals surface area contributed by atoms with Crippen molar-refractivity contribution >= 4 is 11.6 Å². The van der Waals surface area contributed by atoms with E-state index in [-0.39, 0.29) is 17.8 Å². The lowest BCUT2D eigenvalue weighted by Crippen LogP contribution is -2.48. The number of hydrogen-bond acceptors (Lipinski definition) is 5. The van der Waals surface area contributed by atoms with Gasteiger partial charge >= 0.3 is 0 Å². The molecular weight excluding hydrogens is 339 g/mol. The molecule has 26 heavy (non-hydrogen) atoms. The number of halogens is 1. The van der Waals surface area contributed by atoms with Gasteiger partial charge in [-0.05, 0) is 37.0 Å². The van der Waals surface area contributed by atoms with Gasteiger partial charge in [0.25, 0.3) is 0 Å². The number of aliphatic hydroxyl groups is 1. The lowest BCUT2D eigenvalue weighted by molar-refractivity contribution is -0.150. The van der Waals surface area contributed by atoms with Gasteiger partial charge in [-0.3, -0.25) is 14.3 Å². The summed E-state index contributed by atoms with van der Waals surface area (Å²) < 4.78 is 14.9. The summed E-state index contributed by atoms with van der Waals surface area (Å²) in [6.07, 6.45) is 5.71. The number of nitrogens with one attached hydrogen (secondary N) is 2. The number of benzene rings is 1. The quantitative estimate of drug-likeness (QED) is 0.754. The Morgan fingerprint density at radius 2 is 2.35 bits per heavy atom. The van der Waals surface area contributed by atoms with Crippen LogP contribution in [0.3, 0.4) is 0 Å². The highest BCUT2D eigenvalue weighted by atomic mass is 19.1. The van der Waals surface area contributed by atoms with Gasteiger partial charge in [0.05, 0.1) is 24.0 Å². The van der Waals surface area contributed by atoms with E-state index in [1.54, 1.807) is 23.1 Å². The number of carbonyl (C=O) groups is 1. The number of carbonyl (C=O) groups excluding carboxylic acids is 1. The first-order chi connectivity index (χ1) is 12.5. The van der Waals surface area contributed by atoms with Crippen molar-refractivity contribution in [3.63, 3.8) is 0 Å². The second-order valence-corrected chi connectivity index (χ2v) is 7.02. The standard InChI is InChI=1S/C18H21FN4O3/c19-13-4-1-3-12(7-13)10-23-11-14(9-20-23)21-17(24)15-8-16(26-22-15)18(25)5-2-6-18/h1,3-4,7,9,11,15-16,22,25H,2,5-6,8,10H2,(H,21,24). The first-order valence-corrected chi connectivity index (χ1v) is 8.73. The highest BCUT2D eigenvalue weighted by Crippen LogP contribution is 2.39. The van der Waals surface area contributed by atoms with Crippen LogP contribution < -0.4 is 10.8 Å². The zero-order valence-corrected chi connectivity index (χ0v) is 14.2. The van der Waals surface area contributed by atoms with E-state index in [0.717, 1.165) is 12.0 Å². The van der Waals surface area contributed by atoms with Gasteiger partial charge in [-0.25, -0.2) is 4.39 Å². The van der Waals surface area contributed by atoms with Crippen molar-refractivity contribution in [2.24, 2.45) is 0 Å². The Labute approximate surface area is 150 Å². The Morgan fingerprint density at radius 1 is 1.50 bits per heavy atom. The zero-order valence-electron chi connectivity index (χ0n) is 14.2. The summed E-state index contributed by atoms with van der Waals surface area (Å²) in [4.78, 5) is 17.8. The van der Waals surface area contributed by atoms with E-state index in [4.69, 9.17) is 4.84 Å². The Kier molecular flexibility index (Phi) is 4.47. The predicted molar refractivity (Wildman–Crippen MR) is 91.6 cm³/mol. The van der Waals surface area contributed by atoms with Crippen LogP contribution in [0.2, 0.25) is 0 Å². The number of rotatable bonds is 5. The third-order valence-electron chi connectivity index (χ3n) is 5.07. The minimum Gasteiger partial charge on any atom is -0.387 e. The molecule has 1 saturated carbocycles. The van der Waals surface area contributed by atoms with Crippen molar-refractivity contribution < 1.29 is 19.1 Å². The summed E-state index contributed by atoms with van der Waals surface area (Å²) in [5, 5.41) is 17.3. The Morgan fingerprint density at radius 3 is 3.08 bits per heavy atom. The summed E-state index contributed by atoms with van der Waals surface area (Å²) in [6.45, 7) is 0.410. The van der Waals surface area contributed by atoms with Gasteiger partial charge in [0.2, 0.25) is 5.91 Å². The summed E-state index contributed by atoms with van der Waals surface area (Å²) in [5.41, 5.74) is 3.25. The van der Waals surface area contributed by atoms with Gasteiger partial charge < -0.3 is 10.4 Å². The molecule has 2 fully saturated rings. The van der Waals surface area contributed by atoms with E-state index in [9.17, 15) is 14.3 Å². The molecule has 7 nitrogen and oxygen atoms in total. The van der Waals surface area contributed by atoms with Crippen LogP contribution in [0.25, 0.3) is 0 Å². The van der Waals surface area contributed by atoms with Crippen LogP contribution in [0.15, 0.2) is 36.7 Å². The molecule has 0 radical (unpaired) electrons. The molecular formula is C18H21FN4O3. The van der Waals surface area contributed by atoms with Crippen LogP contribution in [0.1, 0.15) is 31.2 Å². The molecule has 1 amide bonds. The van der Waals surface area contributed by atoms with Crippen LogP contribution >= 0.6 is 0 Å². The molecule has 2 heterocycles. The smallest absolute Gasteiger partial charge is 0.244 e. The van der Waals surface area contributed by atoms with E-state index >= 15 is 0 Å². The van der Waals surface area contributed by atoms with Crippen molar-refractivity contribution in [1.29, 1.82) is 0 Å². The monoisotopic (exact) mass is 360 g/mol. The van der Waals surface area contributed by atoms with Gasteiger partial charge in [0.15, 0.2) is 0 Å². The molecule has 8 heteroatoms. The van der Waals surface area contributed by atoms with Crippen LogP contribution in [0.5, 0.6) is 0 Å². The Hall–Kier alpha value is -2.29. The van der Waals surface area contributed by atoms with E-state index in [1.165, 1.54) is 12.1 Å². The van der Waals surface area contributed by atoms with Crippen LogP contribution in [-0.2, 0) is 16.2 Å². The molecule has 2 aromatic rings. The summed E-state index contributed by atoms with van der Waals surface area (Å²) >= 11 is 0. The zero-order chi connectivity index (χ0) is 18.1. The first-order valence-electron chi connectivity index (χ1n) is 8.73. The maximum Gasteiger partial charge on any atom is 0.244 e. The molecule has 2 aliphatic rings. The Bertz CT molecular complexity index is 805. The fraction of sp³-hybridized carbons (Fsp3) is 0.444. The summed E-state index contributed by atoms with van der Waals surface area (Å²) in [5.74, 6) is -0.529. The second kappa shape index (κ2) is 6.79. The molecule has 1 aromatic heterocycles. The lowest BCUT2D eigenvalue weighted by atomic mass is 9.75. The summed E-state index contributed by atoms with van der Waals surface area (Å²) in [6, 6.07) is 5.78. The number of hydrogen-bond donors (Lipinski definition) is 3. The highest BCUT2D eigenvalue weighted by Gasteiger charge is 2.48. The average molecular weight is 360 g/mol. The van der Waals surface area contributed by atoms with Crippen molar-refractivity contribution in [1.82, 2.24) is 15.3 Å². The molecule has 0 spiro atoms. The van der Waals surface area contributed by atoms with Crippen LogP contribution in [-0.4, -0.2) is 38.5 Å². The number of anilines is 1. The van der Waals surface area contributed by atoms with Crippen LogP contribution in [0.4, 0.5) is 10.1 Å². The van der Waals surface area contributed by atoms with Crippen molar-refractivity contribution in [3.8, 4) is 0 Å².